The molecule has 1 unspecified atom stereocenters. The van der Waals surface area contributed by atoms with Crippen molar-refractivity contribution in [1.82, 2.24) is 5.32 Å². The monoisotopic (exact) mass is 297 g/mol. The van der Waals surface area contributed by atoms with Crippen LogP contribution in [0.2, 0.25) is 0 Å². The Kier molecular flexibility index (Phi) is 6.26. The zero-order valence-electron chi connectivity index (χ0n) is 11.9. The van der Waals surface area contributed by atoms with Crippen LogP contribution in [0.25, 0.3) is 0 Å². The van der Waals surface area contributed by atoms with E-state index in [1.807, 2.05) is 0 Å². The van der Waals surface area contributed by atoms with E-state index in [9.17, 15) is 18.0 Å². The summed E-state index contributed by atoms with van der Waals surface area (Å²) in [6.45, 7) is 2.01. The normalized spacial score (nSPS) is 18.6. The second kappa shape index (κ2) is 7.26. The van der Waals surface area contributed by atoms with Crippen LogP contribution in [-0.4, -0.2) is 44.6 Å². The zero-order chi connectivity index (χ0) is 15.2. The van der Waals surface area contributed by atoms with Gasteiger partial charge in [0.05, 0.1) is 13.2 Å². The van der Waals surface area contributed by atoms with Crippen molar-refractivity contribution < 1.29 is 27.4 Å². The van der Waals surface area contributed by atoms with E-state index in [0.29, 0.717) is 0 Å². The van der Waals surface area contributed by atoms with Gasteiger partial charge in [0.15, 0.2) is 0 Å². The van der Waals surface area contributed by atoms with E-state index in [1.165, 1.54) is 0 Å². The van der Waals surface area contributed by atoms with Crippen LogP contribution in [0, 0.1) is 5.92 Å². The van der Waals surface area contributed by atoms with Crippen molar-refractivity contribution >= 4 is 5.97 Å². The highest BCUT2D eigenvalue weighted by atomic mass is 19.4. The Hall–Kier alpha value is -0.820. The molecule has 0 aromatic heterocycles. The molecule has 1 saturated carbocycles. The van der Waals surface area contributed by atoms with Crippen molar-refractivity contribution in [2.24, 2.45) is 5.92 Å². The number of hydrogen-bond donors (Lipinski definition) is 1. The number of hydrogen-bond acceptors (Lipinski definition) is 4. The first kappa shape index (κ1) is 17.2. The van der Waals surface area contributed by atoms with Crippen LogP contribution in [0.1, 0.15) is 32.6 Å². The topological polar surface area (TPSA) is 47.6 Å². The molecule has 0 amide bonds. The molecule has 0 aliphatic heterocycles. The molecular weight excluding hydrogens is 275 g/mol. The van der Waals surface area contributed by atoms with Crippen molar-refractivity contribution in [1.29, 1.82) is 0 Å². The highest BCUT2D eigenvalue weighted by Gasteiger charge is 2.51. The summed E-state index contributed by atoms with van der Waals surface area (Å²) >= 11 is 0. The Balaban J connectivity index is 2.43. The number of halogens is 3. The van der Waals surface area contributed by atoms with Crippen molar-refractivity contribution in [2.45, 2.75) is 44.3 Å². The van der Waals surface area contributed by atoms with E-state index in [-0.39, 0.29) is 38.1 Å². The lowest BCUT2D eigenvalue weighted by atomic mass is 9.94. The minimum Gasteiger partial charge on any atom is -0.465 e. The average Bonchev–Trinajstić information content (AvgIpc) is 3.17. The number of rotatable bonds is 9. The largest absolute Gasteiger partial charge is 0.465 e. The molecule has 1 atom stereocenters. The quantitative estimate of drug-likeness (QED) is 0.524. The summed E-state index contributed by atoms with van der Waals surface area (Å²) in [7, 11) is 1.65. The second-order valence-corrected chi connectivity index (χ2v) is 4.99. The van der Waals surface area contributed by atoms with Crippen molar-refractivity contribution in [3.8, 4) is 0 Å². The molecule has 0 radical (unpaired) electrons. The number of ether oxygens (including phenoxy) is 2. The van der Waals surface area contributed by atoms with Gasteiger partial charge in [0.2, 0.25) is 0 Å². The smallest absolute Gasteiger partial charge is 0.389 e. The minimum absolute atomic E-state index is 0.0188. The first-order valence-corrected chi connectivity index (χ1v) is 6.86. The molecule has 20 heavy (non-hydrogen) atoms. The number of likely N-dealkylation sites (N-methyl/N-ethyl adjacent to an activating group) is 1. The average molecular weight is 297 g/mol. The molecule has 7 heteroatoms. The maximum absolute atomic E-state index is 12.1. The molecule has 0 heterocycles. The lowest BCUT2D eigenvalue weighted by Gasteiger charge is -2.31. The number of carbonyl (C=O) groups is 1. The van der Waals surface area contributed by atoms with Crippen LogP contribution < -0.4 is 5.32 Å². The maximum atomic E-state index is 12.1. The van der Waals surface area contributed by atoms with Crippen LogP contribution in [-0.2, 0) is 14.3 Å². The Morgan fingerprint density at radius 3 is 2.45 bits per heavy atom. The van der Waals surface area contributed by atoms with Crippen LogP contribution in [0.3, 0.4) is 0 Å². The molecule has 1 fully saturated rings. The molecule has 0 aromatic carbocycles. The molecule has 0 bridgehead atoms. The van der Waals surface area contributed by atoms with Gasteiger partial charge in [-0.1, -0.05) is 0 Å². The molecule has 4 nitrogen and oxygen atoms in total. The second-order valence-electron chi connectivity index (χ2n) is 4.99. The lowest BCUT2D eigenvalue weighted by molar-refractivity contribution is -0.156. The third kappa shape index (κ3) is 4.94. The van der Waals surface area contributed by atoms with E-state index in [0.717, 1.165) is 12.8 Å². The Bertz CT molecular complexity index is 318. The van der Waals surface area contributed by atoms with Gasteiger partial charge in [-0.2, -0.15) is 13.2 Å². The molecule has 1 aliphatic carbocycles. The summed E-state index contributed by atoms with van der Waals surface area (Å²) in [5, 5.41) is 2.95. The number of carbonyl (C=O) groups excluding carboxylic acids is 1. The fourth-order valence-electron chi connectivity index (χ4n) is 2.17. The Labute approximate surface area is 117 Å². The van der Waals surface area contributed by atoms with Gasteiger partial charge >= 0.3 is 12.1 Å². The minimum atomic E-state index is -4.17. The molecule has 0 spiro atoms. The lowest BCUT2D eigenvalue weighted by Crippen LogP contribution is -2.57. The van der Waals surface area contributed by atoms with Crippen LogP contribution >= 0.6 is 0 Å². The van der Waals surface area contributed by atoms with Gasteiger partial charge in [-0.3, -0.25) is 0 Å². The molecular formula is C13H22F3NO3. The van der Waals surface area contributed by atoms with Crippen molar-refractivity contribution in [3.63, 3.8) is 0 Å². The number of alkyl halides is 3. The van der Waals surface area contributed by atoms with Gasteiger partial charge in [-0.15, -0.1) is 0 Å². The molecule has 0 aromatic rings. The van der Waals surface area contributed by atoms with E-state index >= 15 is 0 Å². The first-order valence-electron chi connectivity index (χ1n) is 6.86. The van der Waals surface area contributed by atoms with Gasteiger partial charge in [0.1, 0.15) is 5.54 Å². The van der Waals surface area contributed by atoms with Crippen molar-refractivity contribution in [3.05, 3.63) is 0 Å². The predicted octanol–water partition coefficient (Wildman–Crippen LogP) is 2.28. The molecule has 1 aliphatic rings. The standard InChI is InChI=1S/C13H22F3NO3/c1-3-20-11(18)12(17-2,10-5-6-10)9-19-8-4-7-13(14,15)16/h10,17H,3-9H2,1-2H3. The van der Waals surface area contributed by atoms with Gasteiger partial charge in [0.25, 0.3) is 0 Å². The van der Waals surface area contributed by atoms with Crippen LogP contribution in [0.15, 0.2) is 0 Å². The van der Waals surface area contributed by atoms with E-state index in [2.05, 4.69) is 5.32 Å². The van der Waals surface area contributed by atoms with E-state index < -0.39 is 18.1 Å². The molecule has 0 saturated heterocycles. The summed E-state index contributed by atoms with van der Waals surface area (Å²) < 4.78 is 46.4. The molecule has 118 valence electrons. The molecule has 1 rings (SSSR count). The fraction of sp³-hybridized carbons (Fsp3) is 0.923. The summed E-state index contributed by atoms with van der Waals surface area (Å²) in [4.78, 5) is 12.1. The molecule has 1 N–H and O–H groups in total. The van der Waals surface area contributed by atoms with E-state index in [1.54, 1.807) is 14.0 Å². The third-order valence-corrected chi connectivity index (χ3v) is 3.44. The van der Waals surface area contributed by atoms with E-state index in [4.69, 9.17) is 9.47 Å². The maximum Gasteiger partial charge on any atom is 0.389 e. The number of nitrogens with one attached hydrogen (secondary N) is 1. The fourth-order valence-corrected chi connectivity index (χ4v) is 2.17. The van der Waals surface area contributed by atoms with Gasteiger partial charge in [-0.05, 0) is 39.2 Å². The Morgan fingerprint density at radius 1 is 1.35 bits per heavy atom. The predicted molar refractivity (Wildman–Crippen MR) is 67.3 cm³/mol. The summed E-state index contributed by atoms with van der Waals surface area (Å²) in [5.41, 5.74) is -0.922. The third-order valence-electron chi connectivity index (χ3n) is 3.44. The summed E-state index contributed by atoms with van der Waals surface area (Å²) in [6.07, 6.45) is -3.35. The van der Waals surface area contributed by atoms with Crippen LogP contribution in [0.5, 0.6) is 0 Å². The zero-order valence-corrected chi connectivity index (χ0v) is 11.9. The SMILES string of the molecule is CCOC(=O)C(COCCCC(F)(F)F)(NC)C1CC1. The van der Waals surface area contributed by atoms with Gasteiger partial charge in [-0.25, -0.2) is 4.79 Å². The highest BCUT2D eigenvalue weighted by molar-refractivity contribution is 5.82. The number of esters is 1. The first-order chi connectivity index (χ1) is 9.35. The van der Waals surface area contributed by atoms with Gasteiger partial charge in [0, 0.05) is 13.0 Å². The Morgan fingerprint density at radius 2 is 2.00 bits per heavy atom. The van der Waals surface area contributed by atoms with Crippen molar-refractivity contribution in [2.75, 3.05) is 26.9 Å². The highest BCUT2D eigenvalue weighted by Crippen LogP contribution is 2.40. The summed E-state index contributed by atoms with van der Waals surface area (Å²) in [6, 6.07) is 0. The van der Waals surface area contributed by atoms with Gasteiger partial charge < -0.3 is 14.8 Å². The summed E-state index contributed by atoms with van der Waals surface area (Å²) in [5.74, 6) is -0.255. The van der Waals surface area contributed by atoms with Crippen LogP contribution in [0.4, 0.5) is 13.2 Å².